The molecule has 1 aromatic rings. The lowest BCUT2D eigenvalue weighted by Gasteiger charge is -2.36. The van der Waals surface area contributed by atoms with Gasteiger partial charge in [-0.2, -0.15) is 0 Å². The van der Waals surface area contributed by atoms with E-state index >= 15 is 0 Å². The molecule has 0 fully saturated rings. The van der Waals surface area contributed by atoms with E-state index in [2.05, 4.69) is 0 Å². The van der Waals surface area contributed by atoms with E-state index in [-0.39, 0.29) is 12.0 Å². The first-order valence-corrected chi connectivity index (χ1v) is 5.53. The molecule has 3 nitrogen and oxygen atoms in total. The Morgan fingerprint density at radius 2 is 1.69 bits per heavy atom. The fraction of sp³-hybridized carbons (Fsp3) is 0.500. The predicted octanol–water partition coefficient (Wildman–Crippen LogP) is 2.39. The summed E-state index contributed by atoms with van der Waals surface area (Å²) in [5.74, 6) is -0.676. The van der Waals surface area contributed by atoms with Crippen molar-refractivity contribution in [2.24, 2.45) is 0 Å². The minimum atomic E-state index is -0.961. The molecule has 0 amide bonds. The van der Waals surface area contributed by atoms with E-state index in [1.54, 1.807) is 21.3 Å². The van der Waals surface area contributed by atoms with Crippen LogP contribution in [0.25, 0.3) is 0 Å². The molecule has 1 rings (SSSR count). The van der Waals surface area contributed by atoms with Crippen LogP contribution in [0.4, 0.5) is 0 Å². The van der Waals surface area contributed by atoms with Crippen LogP contribution in [0.5, 0.6) is 0 Å². The van der Waals surface area contributed by atoms with Crippen LogP contribution in [-0.4, -0.2) is 33.3 Å². The summed E-state index contributed by atoms with van der Waals surface area (Å²) in [4.78, 5) is 0. The first-order valence-electron chi connectivity index (χ1n) is 4.99. The third-order valence-corrected chi connectivity index (χ3v) is 2.91. The van der Waals surface area contributed by atoms with Crippen molar-refractivity contribution in [3.05, 3.63) is 35.9 Å². The molecule has 1 atom stereocenters. The van der Waals surface area contributed by atoms with Gasteiger partial charge in [0.25, 0.3) is 0 Å². The maximum atomic E-state index is 5.87. The third-order valence-electron chi connectivity index (χ3n) is 2.63. The number of hydrogen-bond acceptors (Lipinski definition) is 3. The van der Waals surface area contributed by atoms with Gasteiger partial charge in [-0.25, -0.2) is 0 Å². The van der Waals surface area contributed by atoms with Gasteiger partial charge in [0.2, 0.25) is 5.79 Å². The second-order valence-corrected chi connectivity index (χ2v) is 3.63. The zero-order chi connectivity index (χ0) is 12.0. The van der Waals surface area contributed by atoms with E-state index in [0.717, 1.165) is 5.56 Å². The summed E-state index contributed by atoms with van der Waals surface area (Å²) < 4.78 is 16.3. The van der Waals surface area contributed by atoms with Crippen molar-refractivity contribution in [1.29, 1.82) is 0 Å². The lowest BCUT2D eigenvalue weighted by atomic mass is 10.0. The number of alkyl halides is 1. The summed E-state index contributed by atoms with van der Waals surface area (Å²) in [5, 5.41) is 0. The van der Waals surface area contributed by atoms with Gasteiger partial charge in [0, 0.05) is 26.9 Å². The van der Waals surface area contributed by atoms with Crippen LogP contribution in [0.15, 0.2) is 30.3 Å². The lowest BCUT2D eigenvalue weighted by Crippen LogP contribution is -2.45. The largest absolute Gasteiger partial charge is 0.374 e. The molecule has 16 heavy (non-hydrogen) atoms. The Morgan fingerprint density at radius 3 is 2.06 bits per heavy atom. The highest BCUT2D eigenvalue weighted by molar-refractivity contribution is 6.18. The van der Waals surface area contributed by atoms with Gasteiger partial charge in [-0.05, 0) is 0 Å². The molecule has 0 N–H and O–H groups in total. The first kappa shape index (κ1) is 13.5. The van der Waals surface area contributed by atoms with E-state index in [4.69, 9.17) is 25.8 Å². The normalized spacial score (nSPS) is 13.8. The number of halogens is 1. The Morgan fingerprint density at radius 1 is 1.12 bits per heavy atom. The Kier molecular flexibility index (Phi) is 5.22. The molecule has 0 radical (unpaired) electrons. The summed E-state index contributed by atoms with van der Waals surface area (Å²) in [6, 6.07) is 9.62. The predicted molar refractivity (Wildman–Crippen MR) is 63.7 cm³/mol. The van der Waals surface area contributed by atoms with Gasteiger partial charge in [0.1, 0.15) is 6.10 Å². The monoisotopic (exact) mass is 244 g/mol. The molecule has 4 heteroatoms. The Balaban J connectivity index is 3.14. The quantitative estimate of drug-likeness (QED) is 0.568. The van der Waals surface area contributed by atoms with Gasteiger partial charge < -0.3 is 14.2 Å². The van der Waals surface area contributed by atoms with E-state index in [1.807, 2.05) is 30.3 Å². The van der Waals surface area contributed by atoms with Gasteiger partial charge in [-0.1, -0.05) is 30.3 Å². The topological polar surface area (TPSA) is 27.7 Å². The number of benzene rings is 1. The summed E-state index contributed by atoms with van der Waals surface area (Å²) in [6.45, 7) is 0. The molecule has 0 spiro atoms. The van der Waals surface area contributed by atoms with Crippen LogP contribution in [-0.2, 0) is 20.0 Å². The molecule has 0 aliphatic heterocycles. The zero-order valence-electron chi connectivity index (χ0n) is 9.77. The minimum absolute atomic E-state index is 0.285. The molecule has 0 aromatic heterocycles. The number of rotatable bonds is 6. The number of methoxy groups -OCH3 is 3. The molecule has 0 aliphatic carbocycles. The molecular weight excluding hydrogens is 228 g/mol. The SMILES string of the molecule is COC(CCl)C(OC)(OC)c1ccccc1. The molecule has 1 aromatic carbocycles. The molecule has 0 aliphatic rings. The van der Waals surface area contributed by atoms with Crippen molar-refractivity contribution < 1.29 is 14.2 Å². The van der Waals surface area contributed by atoms with Crippen molar-refractivity contribution in [2.45, 2.75) is 11.9 Å². The van der Waals surface area contributed by atoms with E-state index in [9.17, 15) is 0 Å². The van der Waals surface area contributed by atoms with Crippen LogP contribution in [0.2, 0.25) is 0 Å². The zero-order valence-corrected chi connectivity index (χ0v) is 10.5. The van der Waals surface area contributed by atoms with Crippen molar-refractivity contribution >= 4 is 11.6 Å². The van der Waals surface area contributed by atoms with Gasteiger partial charge in [0.15, 0.2) is 0 Å². The van der Waals surface area contributed by atoms with Crippen LogP contribution >= 0.6 is 11.6 Å². The summed E-state index contributed by atoms with van der Waals surface area (Å²) in [7, 11) is 4.74. The van der Waals surface area contributed by atoms with Crippen LogP contribution < -0.4 is 0 Å². The van der Waals surface area contributed by atoms with Crippen LogP contribution in [0.3, 0.4) is 0 Å². The van der Waals surface area contributed by atoms with E-state index < -0.39 is 5.79 Å². The first-order chi connectivity index (χ1) is 7.75. The maximum Gasteiger partial charge on any atom is 0.222 e. The second kappa shape index (κ2) is 6.21. The molecule has 1 unspecified atom stereocenters. The van der Waals surface area contributed by atoms with Crippen molar-refractivity contribution in [2.75, 3.05) is 27.2 Å². The highest BCUT2D eigenvalue weighted by atomic mass is 35.5. The average Bonchev–Trinajstić information content (AvgIpc) is 2.37. The van der Waals surface area contributed by atoms with Crippen molar-refractivity contribution in [3.63, 3.8) is 0 Å². The molecule has 0 saturated heterocycles. The van der Waals surface area contributed by atoms with Gasteiger partial charge in [-0.15, -0.1) is 11.6 Å². The van der Waals surface area contributed by atoms with Gasteiger partial charge >= 0.3 is 0 Å². The van der Waals surface area contributed by atoms with E-state index in [1.165, 1.54) is 0 Å². The molecule has 0 bridgehead atoms. The summed E-state index contributed by atoms with van der Waals surface area (Å²) >= 11 is 5.87. The fourth-order valence-corrected chi connectivity index (χ4v) is 2.09. The Labute approximate surface area is 101 Å². The molecule has 0 saturated carbocycles. The maximum absolute atomic E-state index is 5.87. The van der Waals surface area contributed by atoms with Crippen molar-refractivity contribution in [1.82, 2.24) is 0 Å². The van der Waals surface area contributed by atoms with E-state index in [0.29, 0.717) is 0 Å². The molecule has 0 heterocycles. The molecular formula is C12H17ClO3. The lowest BCUT2D eigenvalue weighted by molar-refractivity contribution is -0.269. The Bertz CT molecular complexity index is 294. The van der Waals surface area contributed by atoms with Gasteiger partial charge in [-0.3, -0.25) is 0 Å². The number of hydrogen-bond donors (Lipinski definition) is 0. The highest BCUT2D eigenvalue weighted by Gasteiger charge is 2.41. The summed E-state index contributed by atoms with van der Waals surface area (Å²) in [6.07, 6.45) is -0.369. The Hall–Kier alpha value is -0.610. The van der Waals surface area contributed by atoms with Gasteiger partial charge in [0.05, 0.1) is 5.88 Å². The average molecular weight is 245 g/mol. The molecule has 90 valence electrons. The minimum Gasteiger partial charge on any atom is -0.374 e. The van der Waals surface area contributed by atoms with Crippen LogP contribution in [0.1, 0.15) is 5.56 Å². The fourth-order valence-electron chi connectivity index (χ4n) is 1.76. The summed E-state index contributed by atoms with van der Waals surface area (Å²) in [5.41, 5.74) is 0.882. The van der Waals surface area contributed by atoms with Crippen molar-refractivity contribution in [3.8, 4) is 0 Å². The standard InChI is InChI=1S/C12H17ClO3/c1-14-11(9-13)12(15-2,16-3)10-7-5-4-6-8-10/h4-8,11H,9H2,1-3H3. The van der Waals surface area contributed by atoms with Crippen LogP contribution in [0, 0.1) is 0 Å². The highest BCUT2D eigenvalue weighted by Crippen LogP contribution is 2.32. The number of ether oxygens (including phenoxy) is 3. The third kappa shape index (κ3) is 2.38. The smallest absolute Gasteiger partial charge is 0.222 e. The second-order valence-electron chi connectivity index (χ2n) is 3.32.